The highest BCUT2D eigenvalue weighted by Gasteiger charge is 2.19. The van der Waals surface area contributed by atoms with Crippen LogP contribution >= 0.6 is 0 Å². The van der Waals surface area contributed by atoms with Gasteiger partial charge in [0.1, 0.15) is 5.75 Å². The Morgan fingerprint density at radius 1 is 1.11 bits per heavy atom. The van der Waals surface area contributed by atoms with Gasteiger partial charge in [-0.15, -0.1) is 0 Å². The molecule has 1 aliphatic heterocycles. The van der Waals surface area contributed by atoms with Crippen LogP contribution in [0.4, 0.5) is 5.69 Å². The number of hydrogen-bond acceptors (Lipinski definition) is 3. The van der Waals surface area contributed by atoms with Gasteiger partial charge in [0.25, 0.3) is 0 Å². The minimum absolute atomic E-state index is 0.0709. The number of nitrogens with zero attached hydrogens (tertiary/aromatic N) is 1. The van der Waals surface area contributed by atoms with E-state index in [1.807, 2.05) is 53.4 Å². The van der Waals surface area contributed by atoms with Crippen molar-refractivity contribution in [2.24, 2.45) is 0 Å². The van der Waals surface area contributed by atoms with Crippen LogP contribution in [0.3, 0.4) is 0 Å². The Morgan fingerprint density at radius 2 is 1.86 bits per heavy atom. The summed E-state index contributed by atoms with van der Waals surface area (Å²) in [6.07, 6.45) is 2.95. The fourth-order valence-corrected chi connectivity index (χ4v) is 3.08. The van der Waals surface area contributed by atoms with Crippen LogP contribution in [0.25, 0.3) is 0 Å². The molecule has 1 fully saturated rings. The van der Waals surface area contributed by atoms with Gasteiger partial charge in [0.05, 0.1) is 20.1 Å². The summed E-state index contributed by atoms with van der Waals surface area (Å²) >= 11 is 0. The maximum atomic E-state index is 12.0. The molecule has 2 aromatic carbocycles. The van der Waals surface area contributed by atoms with E-state index < -0.39 is 0 Å². The number of rotatable bonds is 5. The predicted molar refractivity (Wildman–Crippen MR) is 109 cm³/mol. The van der Waals surface area contributed by atoms with E-state index in [1.165, 1.54) is 0 Å². The molecule has 5 nitrogen and oxygen atoms in total. The van der Waals surface area contributed by atoms with Crippen LogP contribution in [0.1, 0.15) is 30.4 Å². The zero-order valence-electron chi connectivity index (χ0n) is 16.0. The first-order valence-corrected chi connectivity index (χ1v) is 9.44. The van der Waals surface area contributed by atoms with E-state index in [9.17, 15) is 9.59 Å². The molecule has 0 atom stereocenters. The van der Waals surface area contributed by atoms with E-state index in [4.69, 9.17) is 4.74 Å². The largest absolute Gasteiger partial charge is 0.497 e. The average Bonchev–Trinajstić information content (AvgIpc) is 2.73. The Bertz CT molecular complexity index is 877. The zero-order chi connectivity index (χ0) is 19.8. The molecule has 1 aliphatic rings. The number of hydrogen-bond donors (Lipinski definition) is 1. The summed E-state index contributed by atoms with van der Waals surface area (Å²) in [5, 5.41) is 2.80. The maximum absolute atomic E-state index is 12.0. The van der Waals surface area contributed by atoms with Gasteiger partial charge in [-0.25, -0.2) is 0 Å². The molecule has 1 saturated heterocycles. The van der Waals surface area contributed by atoms with Crippen molar-refractivity contribution in [3.63, 3.8) is 0 Å². The topological polar surface area (TPSA) is 58.6 Å². The highest BCUT2D eigenvalue weighted by atomic mass is 16.5. The van der Waals surface area contributed by atoms with Crippen LogP contribution in [0.5, 0.6) is 5.75 Å². The lowest BCUT2D eigenvalue weighted by atomic mass is 10.1. The summed E-state index contributed by atoms with van der Waals surface area (Å²) in [6, 6.07) is 15.1. The molecule has 28 heavy (non-hydrogen) atoms. The zero-order valence-corrected chi connectivity index (χ0v) is 16.0. The molecule has 0 radical (unpaired) electrons. The number of methoxy groups -OCH3 is 1. The van der Waals surface area contributed by atoms with Crippen LogP contribution in [0.2, 0.25) is 0 Å². The highest BCUT2D eigenvalue weighted by molar-refractivity contribution is 5.94. The van der Waals surface area contributed by atoms with E-state index in [2.05, 4.69) is 17.2 Å². The van der Waals surface area contributed by atoms with Crippen molar-refractivity contribution in [2.45, 2.75) is 25.7 Å². The van der Waals surface area contributed by atoms with Gasteiger partial charge in [0.2, 0.25) is 11.8 Å². The number of anilines is 1. The second kappa shape index (κ2) is 9.61. The van der Waals surface area contributed by atoms with Crippen LogP contribution in [-0.4, -0.2) is 32.0 Å². The van der Waals surface area contributed by atoms with Gasteiger partial charge in [-0.1, -0.05) is 24.0 Å². The van der Waals surface area contributed by atoms with Crippen molar-refractivity contribution >= 4 is 17.5 Å². The Labute approximate surface area is 165 Å². The molecular formula is C23H24N2O3. The molecule has 0 bridgehead atoms. The smallest absolute Gasteiger partial charge is 0.226 e. The van der Waals surface area contributed by atoms with Crippen LogP contribution in [-0.2, 0) is 16.0 Å². The molecule has 5 heteroatoms. The average molecular weight is 376 g/mol. The molecule has 0 aromatic heterocycles. The van der Waals surface area contributed by atoms with Crippen molar-refractivity contribution < 1.29 is 14.3 Å². The molecule has 2 aromatic rings. The first kappa shape index (κ1) is 19.5. The Balaban J connectivity index is 1.47. The molecule has 1 N–H and O–H groups in total. The number of carbonyl (C=O) groups is 2. The molecule has 0 spiro atoms. The first-order chi connectivity index (χ1) is 13.7. The third kappa shape index (κ3) is 5.37. The van der Waals surface area contributed by atoms with Crippen LogP contribution in [0, 0.1) is 11.8 Å². The number of benzene rings is 2. The summed E-state index contributed by atoms with van der Waals surface area (Å²) in [5.74, 6) is 6.88. The Hall–Kier alpha value is -3.26. The molecule has 144 valence electrons. The second-order valence-electron chi connectivity index (χ2n) is 6.65. The lowest BCUT2D eigenvalue weighted by Crippen LogP contribution is -2.35. The number of carbonyl (C=O) groups excluding carboxylic acids is 2. The summed E-state index contributed by atoms with van der Waals surface area (Å²) < 4.78 is 5.10. The predicted octanol–water partition coefficient (Wildman–Crippen LogP) is 2.92. The summed E-state index contributed by atoms with van der Waals surface area (Å²) in [7, 11) is 1.61. The van der Waals surface area contributed by atoms with Gasteiger partial charge in [0, 0.05) is 24.2 Å². The first-order valence-electron chi connectivity index (χ1n) is 9.44. The van der Waals surface area contributed by atoms with Gasteiger partial charge in [-0.05, 0) is 54.8 Å². The highest BCUT2D eigenvalue weighted by Crippen LogP contribution is 2.21. The van der Waals surface area contributed by atoms with E-state index in [-0.39, 0.29) is 11.8 Å². The molecule has 0 aliphatic carbocycles. The number of piperidine rings is 1. The molecular weight excluding hydrogens is 352 g/mol. The molecule has 0 unspecified atom stereocenters. The lowest BCUT2D eigenvalue weighted by molar-refractivity contribution is -0.120. The number of ether oxygens (including phenoxy) is 1. The summed E-state index contributed by atoms with van der Waals surface area (Å²) in [4.78, 5) is 25.8. The molecule has 2 amide bonds. The Morgan fingerprint density at radius 3 is 2.54 bits per heavy atom. The monoisotopic (exact) mass is 376 g/mol. The van der Waals surface area contributed by atoms with Gasteiger partial charge < -0.3 is 15.0 Å². The molecule has 1 heterocycles. The summed E-state index contributed by atoms with van der Waals surface area (Å²) in [6.45, 7) is 1.07. The van der Waals surface area contributed by atoms with Gasteiger partial charge in [-0.2, -0.15) is 0 Å². The summed E-state index contributed by atoms with van der Waals surface area (Å²) in [5.41, 5.74) is 2.70. The van der Waals surface area contributed by atoms with Crippen molar-refractivity contribution in [2.75, 3.05) is 25.1 Å². The fraction of sp³-hybridized carbons (Fsp3) is 0.304. The normalized spacial score (nSPS) is 13.5. The van der Waals surface area contributed by atoms with E-state index in [1.54, 1.807) is 7.11 Å². The second-order valence-corrected chi connectivity index (χ2v) is 6.65. The number of amides is 2. The van der Waals surface area contributed by atoms with Crippen molar-refractivity contribution in [3.8, 4) is 17.6 Å². The molecule has 0 saturated carbocycles. The SMILES string of the molecule is COc1ccc(CC(=O)NCC#Cc2ccc(N3CCCCC3=O)cc2)cc1. The third-order valence-corrected chi connectivity index (χ3v) is 4.63. The minimum atomic E-state index is -0.0709. The van der Waals surface area contributed by atoms with Crippen LogP contribution < -0.4 is 15.0 Å². The molecule has 3 rings (SSSR count). The fourth-order valence-electron chi connectivity index (χ4n) is 3.08. The maximum Gasteiger partial charge on any atom is 0.226 e. The minimum Gasteiger partial charge on any atom is -0.497 e. The van der Waals surface area contributed by atoms with Gasteiger partial charge in [-0.3, -0.25) is 9.59 Å². The third-order valence-electron chi connectivity index (χ3n) is 4.63. The Kier molecular flexibility index (Phi) is 6.69. The van der Waals surface area contributed by atoms with E-state index >= 15 is 0 Å². The van der Waals surface area contributed by atoms with Gasteiger partial charge >= 0.3 is 0 Å². The lowest BCUT2D eigenvalue weighted by Gasteiger charge is -2.26. The number of nitrogens with one attached hydrogen (secondary N) is 1. The quantitative estimate of drug-likeness (QED) is 0.817. The van der Waals surface area contributed by atoms with Crippen molar-refractivity contribution in [1.82, 2.24) is 5.32 Å². The standard InChI is InChI=1S/C23H24N2O3/c1-28-21-13-9-19(10-14-21)17-22(26)24-15-4-5-18-7-11-20(12-8-18)25-16-3-2-6-23(25)27/h7-14H,2-3,6,15-17H2,1H3,(H,24,26). The van der Waals surface area contributed by atoms with Crippen LogP contribution in [0.15, 0.2) is 48.5 Å². The van der Waals surface area contributed by atoms with E-state index in [0.29, 0.717) is 19.4 Å². The van der Waals surface area contributed by atoms with Gasteiger partial charge in [0.15, 0.2) is 0 Å². The van der Waals surface area contributed by atoms with E-state index in [0.717, 1.165) is 42.0 Å². The van der Waals surface area contributed by atoms with Crippen molar-refractivity contribution in [3.05, 3.63) is 59.7 Å². The van der Waals surface area contributed by atoms with Crippen molar-refractivity contribution in [1.29, 1.82) is 0 Å².